The van der Waals surface area contributed by atoms with Gasteiger partial charge in [-0.15, -0.1) is 0 Å². The summed E-state index contributed by atoms with van der Waals surface area (Å²) in [7, 11) is 1.64. The minimum absolute atomic E-state index is 0.150. The molecule has 1 N–H and O–H groups in total. The number of hydrogen-bond donors (Lipinski definition) is 1. The first-order valence-corrected chi connectivity index (χ1v) is 8.13. The van der Waals surface area contributed by atoms with Crippen molar-refractivity contribution in [3.8, 4) is 0 Å². The monoisotopic (exact) mass is 332 g/mol. The number of carbonyl (C=O) groups excluding carboxylic acids is 1. The molecular weight excluding hydrogens is 312 g/mol. The molecule has 1 aliphatic carbocycles. The third kappa shape index (κ3) is 2.83. The van der Waals surface area contributed by atoms with Crippen LogP contribution in [0.3, 0.4) is 0 Å². The van der Waals surface area contributed by atoms with Gasteiger partial charge in [-0.05, 0) is 24.5 Å². The van der Waals surface area contributed by atoms with Crippen LogP contribution in [0.5, 0.6) is 0 Å². The summed E-state index contributed by atoms with van der Waals surface area (Å²) in [5.41, 5.74) is 0. The zero-order valence-electron chi connectivity index (χ0n) is 13.5. The number of ether oxygens (including phenoxy) is 1. The molecule has 3 atom stereocenters. The Balaban J connectivity index is 1.32. The summed E-state index contributed by atoms with van der Waals surface area (Å²) in [6.45, 7) is 2.15. The van der Waals surface area contributed by atoms with E-state index in [1.54, 1.807) is 19.2 Å². The third-order valence-electron chi connectivity index (χ3n) is 4.82. The summed E-state index contributed by atoms with van der Waals surface area (Å²) < 4.78 is 15.4. The zero-order chi connectivity index (χ0) is 16.5. The lowest BCUT2D eigenvalue weighted by molar-refractivity contribution is 0.0837. The average molecular weight is 332 g/mol. The molecule has 4 heterocycles. The van der Waals surface area contributed by atoms with Crippen LogP contribution in [0.1, 0.15) is 28.7 Å². The van der Waals surface area contributed by atoms with E-state index in [0.717, 1.165) is 13.0 Å². The van der Waals surface area contributed by atoms with Crippen LogP contribution in [-0.2, 0) is 17.7 Å². The lowest BCUT2D eigenvalue weighted by atomic mass is 9.80. The van der Waals surface area contributed by atoms with E-state index in [1.165, 1.54) is 6.26 Å². The van der Waals surface area contributed by atoms with Gasteiger partial charge in [0, 0.05) is 25.7 Å². The molecule has 0 radical (unpaired) electrons. The maximum atomic E-state index is 12.1. The Kier molecular flexibility index (Phi) is 4.07. The minimum atomic E-state index is -0.150. The number of nitrogens with one attached hydrogen (secondary N) is 1. The number of carbonyl (C=O) groups is 1. The highest BCUT2D eigenvalue weighted by atomic mass is 16.5. The first-order valence-electron chi connectivity index (χ1n) is 8.13. The predicted molar refractivity (Wildman–Crippen MR) is 82.1 cm³/mol. The Hall–Kier alpha value is -2.19. The summed E-state index contributed by atoms with van der Waals surface area (Å²) in [6.07, 6.45) is 3.23. The molecule has 5 rings (SSSR count). The average Bonchev–Trinajstić information content (AvgIpc) is 3.33. The molecule has 8 heteroatoms. The maximum absolute atomic E-state index is 12.1. The van der Waals surface area contributed by atoms with E-state index in [0.29, 0.717) is 49.0 Å². The SMILES string of the molecule is COCCc1nc(CN2CC3CC2C3NC(=O)c2ccco2)no1. The number of amides is 1. The number of aromatic nitrogens is 2. The van der Waals surface area contributed by atoms with Crippen LogP contribution in [0.15, 0.2) is 27.3 Å². The molecule has 8 nitrogen and oxygen atoms in total. The second kappa shape index (κ2) is 6.37. The number of methoxy groups -OCH3 is 1. The molecule has 1 amide bonds. The van der Waals surface area contributed by atoms with E-state index < -0.39 is 0 Å². The minimum Gasteiger partial charge on any atom is -0.459 e. The van der Waals surface area contributed by atoms with Gasteiger partial charge in [-0.2, -0.15) is 4.98 Å². The quantitative estimate of drug-likeness (QED) is 0.803. The van der Waals surface area contributed by atoms with E-state index in [-0.39, 0.29) is 11.9 Å². The number of rotatable bonds is 7. The molecule has 0 spiro atoms. The van der Waals surface area contributed by atoms with Crippen molar-refractivity contribution in [3.63, 3.8) is 0 Å². The first kappa shape index (κ1) is 15.3. The van der Waals surface area contributed by atoms with Gasteiger partial charge in [-0.25, -0.2) is 0 Å². The molecule has 2 aliphatic heterocycles. The molecule has 3 unspecified atom stereocenters. The molecule has 2 aromatic heterocycles. The number of hydrogen-bond acceptors (Lipinski definition) is 7. The highest BCUT2D eigenvalue weighted by molar-refractivity contribution is 5.91. The Bertz CT molecular complexity index is 699. The molecular formula is C16H20N4O4. The summed E-state index contributed by atoms with van der Waals surface area (Å²) in [4.78, 5) is 18.8. The van der Waals surface area contributed by atoms with Crippen molar-refractivity contribution in [2.24, 2.45) is 5.92 Å². The molecule has 2 bridgehead atoms. The molecule has 3 fully saturated rings. The Morgan fingerprint density at radius 1 is 1.54 bits per heavy atom. The fourth-order valence-electron chi connectivity index (χ4n) is 3.58. The topological polar surface area (TPSA) is 93.6 Å². The van der Waals surface area contributed by atoms with Crippen molar-refractivity contribution < 1.29 is 18.5 Å². The fourth-order valence-corrected chi connectivity index (χ4v) is 3.58. The van der Waals surface area contributed by atoms with E-state index in [1.807, 2.05) is 0 Å². The van der Waals surface area contributed by atoms with Crippen LogP contribution in [-0.4, -0.2) is 53.3 Å². The van der Waals surface area contributed by atoms with Crippen LogP contribution >= 0.6 is 0 Å². The number of fused-ring (bicyclic) bond motifs is 1. The lowest BCUT2D eigenvalue weighted by Gasteiger charge is -2.36. The van der Waals surface area contributed by atoms with Gasteiger partial charge in [0.05, 0.1) is 25.8 Å². The number of furan rings is 1. The van der Waals surface area contributed by atoms with Gasteiger partial charge in [0.25, 0.3) is 5.91 Å². The van der Waals surface area contributed by atoms with Crippen LogP contribution in [0, 0.1) is 5.92 Å². The zero-order valence-corrected chi connectivity index (χ0v) is 13.5. The van der Waals surface area contributed by atoms with Crippen molar-refractivity contribution in [1.29, 1.82) is 0 Å². The van der Waals surface area contributed by atoms with Crippen LogP contribution in [0.25, 0.3) is 0 Å². The van der Waals surface area contributed by atoms with E-state index in [9.17, 15) is 4.79 Å². The largest absolute Gasteiger partial charge is 0.459 e. The van der Waals surface area contributed by atoms with E-state index >= 15 is 0 Å². The molecule has 1 saturated carbocycles. The third-order valence-corrected chi connectivity index (χ3v) is 4.82. The smallest absolute Gasteiger partial charge is 0.287 e. The summed E-state index contributed by atoms with van der Waals surface area (Å²) in [5, 5.41) is 7.10. The van der Waals surface area contributed by atoms with Crippen molar-refractivity contribution >= 4 is 5.91 Å². The number of nitrogens with zero attached hydrogens (tertiary/aromatic N) is 3. The summed E-state index contributed by atoms with van der Waals surface area (Å²) >= 11 is 0. The van der Waals surface area contributed by atoms with Crippen LogP contribution < -0.4 is 5.32 Å². The highest BCUT2D eigenvalue weighted by Crippen LogP contribution is 2.41. The van der Waals surface area contributed by atoms with Crippen LogP contribution in [0.2, 0.25) is 0 Å². The lowest BCUT2D eigenvalue weighted by Crippen LogP contribution is -2.54. The van der Waals surface area contributed by atoms with Crippen molar-refractivity contribution in [2.45, 2.75) is 31.5 Å². The molecule has 24 heavy (non-hydrogen) atoms. The summed E-state index contributed by atoms with van der Waals surface area (Å²) in [5.74, 6) is 1.97. The van der Waals surface area contributed by atoms with Gasteiger partial charge in [0.1, 0.15) is 0 Å². The van der Waals surface area contributed by atoms with Crippen molar-refractivity contribution in [2.75, 3.05) is 20.3 Å². The predicted octanol–water partition coefficient (Wildman–Crippen LogP) is 0.854. The Morgan fingerprint density at radius 3 is 3.25 bits per heavy atom. The Labute approximate surface area is 139 Å². The normalized spacial score (nSPS) is 25.6. The van der Waals surface area contributed by atoms with E-state index in [2.05, 4.69) is 20.4 Å². The summed E-state index contributed by atoms with van der Waals surface area (Å²) in [6, 6.07) is 3.89. The molecule has 2 saturated heterocycles. The maximum Gasteiger partial charge on any atom is 0.287 e. The van der Waals surface area contributed by atoms with Gasteiger partial charge >= 0.3 is 0 Å². The van der Waals surface area contributed by atoms with Crippen LogP contribution in [0.4, 0.5) is 0 Å². The second-order valence-electron chi connectivity index (χ2n) is 6.32. The van der Waals surface area contributed by atoms with Gasteiger partial charge in [0.2, 0.25) is 5.89 Å². The second-order valence-corrected chi connectivity index (χ2v) is 6.32. The van der Waals surface area contributed by atoms with Gasteiger partial charge in [0.15, 0.2) is 11.6 Å². The molecule has 0 aromatic carbocycles. The van der Waals surface area contributed by atoms with Crippen molar-refractivity contribution in [3.05, 3.63) is 35.9 Å². The molecule has 128 valence electrons. The van der Waals surface area contributed by atoms with Gasteiger partial charge in [-0.3, -0.25) is 9.69 Å². The standard InChI is InChI=1S/C16H20N4O4/c1-22-6-4-14-17-13(19-24-14)9-20-8-10-7-11(20)15(10)18-16(21)12-3-2-5-23-12/h2-3,5,10-11,15H,4,6-9H2,1H3,(H,18,21). The molecule has 2 aromatic rings. The van der Waals surface area contributed by atoms with E-state index in [4.69, 9.17) is 13.7 Å². The van der Waals surface area contributed by atoms with Gasteiger partial charge in [-0.1, -0.05) is 5.16 Å². The highest BCUT2D eigenvalue weighted by Gasteiger charge is 2.52. The Morgan fingerprint density at radius 2 is 2.46 bits per heavy atom. The molecule has 3 aliphatic rings. The van der Waals surface area contributed by atoms with Crippen molar-refractivity contribution in [1.82, 2.24) is 20.4 Å². The van der Waals surface area contributed by atoms with Gasteiger partial charge < -0.3 is 19.0 Å². The first-order chi connectivity index (χ1) is 11.7. The fraction of sp³-hybridized carbons (Fsp3) is 0.562.